The Morgan fingerprint density at radius 2 is 2.12 bits per heavy atom. The summed E-state index contributed by atoms with van der Waals surface area (Å²) < 4.78 is 2.44. The predicted molar refractivity (Wildman–Crippen MR) is 81.7 cm³/mol. The van der Waals surface area contributed by atoms with Crippen molar-refractivity contribution in [1.29, 1.82) is 0 Å². The van der Waals surface area contributed by atoms with Crippen molar-refractivity contribution in [2.24, 2.45) is 0 Å². The summed E-state index contributed by atoms with van der Waals surface area (Å²) in [6.07, 6.45) is 0. The topological polar surface area (TPSA) is 12.0 Å². The molecule has 1 aromatic heterocycles. The molecule has 0 unspecified atom stereocenters. The normalized spacial score (nSPS) is 10.6. The van der Waals surface area contributed by atoms with Gasteiger partial charge in [0.1, 0.15) is 0 Å². The minimum atomic E-state index is 0.912. The Hall–Kier alpha value is 0.0900. The van der Waals surface area contributed by atoms with E-state index in [1.807, 2.05) is 0 Å². The molecule has 1 nitrogen and oxygen atoms in total. The minimum absolute atomic E-state index is 0.912. The Balaban J connectivity index is 1.92. The first-order valence-electron chi connectivity index (χ1n) is 4.93. The van der Waals surface area contributed by atoms with E-state index in [4.69, 9.17) is 0 Å². The first-order valence-corrected chi connectivity index (χ1v) is 7.68. The molecule has 1 N–H and O–H groups in total. The van der Waals surface area contributed by atoms with E-state index >= 15 is 0 Å². The van der Waals surface area contributed by atoms with Gasteiger partial charge in [0.15, 0.2) is 0 Å². The van der Waals surface area contributed by atoms with Crippen LogP contribution < -0.4 is 5.32 Å². The molecule has 0 spiro atoms. The van der Waals surface area contributed by atoms with Crippen LogP contribution in [0, 0.1) is 3.57 Å². The number of benzene rings is 1. The molecule has 0 radical (unpaired) electrons. The fourth-order valence-electron chi connectivity index (χ4n) is 1.41. The van der Waals surface area contributed by atoms with Crippen LogP contribution in [-0.2, 0) is 13.1 Å². The lowest BCUT2D eigenvalue weighted by atomic mass is 10.2. The molecule has 2 rings (SSSR count). The quantitative estimate of drug-likeness (QED) is 0.740. The Morgan fingerprint density at radius 1 is 1.25 bits per heavy atom. The third-order valence-electron chi connectivity index (χ3n) is 2.20. The summed E-state index contributed by atoms with van der Waals surface area (Å²) in [5, 5.41) is 5.57. The van der Waals surface area contributed by atoms with Crippen molar-refractivity contribution in [3.63, 3.8) is 0 Å². The molecule has 0 amide bonds. The van der Waals surface area contributed by atoms with Gasteiger partial charge in [0.25, 0.3) is 0 Å². The summed E-state index contributed by atoms with van der Waals surface area (Å²) in [5.41, 5.74) is 1.34. The van der Waals surface area contributed by atoms with Gasteiger partial charge in [-0.05, 0) is 57.8 Å². The van der Waals surface area contributed by atoms with Crippen molar-refractivity contribution in [2.75, 3.05) is 0 Å². The smallest absolute Gasteiger partial charge is 0.0302 e. The van der Waals surface area contributed by atoms with Gasteiger partial charge in [0, 0.05) is 26.0 Å². The van der Waals surface area contributed by atoms with E-state index in [2.05, 4.69) is 79.5 Å². The molecule has 2 aromatic rings. The van der Waals surface area contributed by atoms with Crippen LogP contribution in [0.4, 0.5) is 0 Å². The van der Waals surface area contributed by atoms with Gasteiger partial charge in [-0.15, -0.1) is 11.3 Å². The lowest BCUT2D eigenvalue weighted by Gasteiger charge is -2.06. The van der Waals surface area contributed by atoms with Crippen LogP contribution in [0.15, 0.2) is 40.2 Å². The fourth-order valence-corrected chi connectivity index (χ4v) is 3.02. The summed E-state index contributed by atoms with van der Waals surface area (Å²) in [5.74, 6) is 0. The largest absolute Gasteiger partial charge is 0.308 e. The highest BCUT2D eigenvalue weighted by molar-refractivity contribution is 14.1. The van der Waals surface area contributed by atoms with Crippen LogP contribution in [0.3, 0.4) is 0 Å². The van der Waals surface area contributed by atoms with Gasteiger partial charge in [0.05, 0.1) is 0 Å². The van der Waals surface area contributed by atoms with E-state index in [1.54, 1.807) is 11.3 Å². The standard InChI is InChI=1S/C12H11BrINS/c13-10-3-4-12(14)9(6-10)7-15-8-11-2-1-5-16-11/h1-6,15H,7-8H2. The monoisotopic (exact) mass is 407 g/mol. The van der Waals surface area contributed by atoms with E-state index in [9.17, 15) is 0 Å². The van der Waals surface area contributed by atoms with Crippen molar-refractivity contribution < 1.29 is 0 Å². The molecule has 0 atom stereocenters. The number of nitrogens with one attached hydrogen (secondary N) is 1. The highest BCUT2D eigenvalue weighted by Gasteiger charge is 2.00. The maximum absolute atomic E-state index is 3.50. The Kier molecular flexibility index (Phi) is 4.81. The van der Waals surface area contributed by atoms with Gasteiger partial charge in [-0.1, -0.05) is 22.0 Å². The van der Waals surface area contributed by atoms with Gasteiger partial charge >= 0.3 is 0 Å². The third-order valence-corrected chi connectivity index (χ3v) is 4.62. The van der Waals surface area contributed by atoms with E-state index < -0.39 is 0 Å². The Morgan fingerprint density at radius 3 is 2.88 bits per heavy atom. The summed E-state index contributed by atoms with van der Waals surface area (Å²) >= 11 is 7.66. The first-order chi connectivity index (χ1) is 7.75. The van der Waals surface area contributed by atoms with Gasteiger partial charge in [-0.25, -0.2) is 0 Å². The fraction of sp³-hybridized carbons (Fsp3) is 0.167. The van der Waals surface area contributed by atoms with Crippen LogP contribution in [0.5, 0.6) is 0 Å². The second kappa shape index (κ2) is 6.14. The molecular formula is C12H11BrINS. The predicted octanol–water partition coefficient (Wildman–Crippen LogP) is 4.41. The lowest BCUT2D eigenvalue weighted by Crippen LogP contribution is -2.12. The van der Waals surface area contributed by atoms with Crippen LogP contribution >= 0.6 is 49.9 Å². The Labute approximate surface area is 122 Å². The second-order valence-corrected chi connectivity index (χ2v) is 6.53. The number of rotatable bonds is 4. The maximum atomic E-state index is 3.50. The molecule has 0 saturated carbocycles. The van der Waals surface area contributed by atoms with Gasteiger partial charge < -0.3 is 5.32 Å². The molecule has 0 aliphatic heterocycles. The first kappa shape index (κ1) is 12.5. The van der Waals surface area contributed by atoms with Crippen molar-refractivity contribution in [3.05, 3.63) is 54.2 Å². The van der Waals surface area contributed by atoms with E-state index in [0.717, 1.165) is 17.6 Å². The molecular weight excluding hydrogens is 397 g/mol. The van der Waals surface area contributed by atoms with Gasteiger partial charge in [-0.3, -0.25) is 0 Å². The number of halogens is 2. The molecule has 0 aliphatic carbocycles. The Bertz CT molecular complexity index is 456. The molecule has 1 heterocycles. The molecule has 16 heavy (non-hydrogen) atoms. The molecule has 0 saturated heterocycles. The molecule has 1 aromatic carbocycles. The van der Waals surface area contributed by atoms with Crippen LogP contribution in [-0.4, -0.2) is 0 Å². The van der Waals surface area contributed by atoms with Gasteiger partial charge in [-0.2, -0.15) is 0 Å². The molecule has 4 heteroatoms. The van der Waals surface area contributed by atoms with E-state index in [-0.39, 0.29) is 0 Å². The summed E-state index contributed by atoms with van der Waals surface area (Å²) in [6.45, 7) is 1.86. The van der Waals surface area contributed by atoms with Crippen LogP contribution in [0.25, 0.3) is 0 Å². The zero-order valence-electron chi connectivity index (χ0n) is 8.54. The maximum Gasteiger partial charge on any atom is 0.0302 e. The molecule has 0 bridgehead atoms. The van der Waals surface area contributed by atoms with Crippen molar-refractivity contribution in [1.82, 2.24) is 5.32 Å². The minimum Gasteiger partial charge on any atom is -0.308 e. The second-order valence-electron chi connectivity index (χ2n) is 3.42. The highest BCUT2D eigenvalue weighted by Crippen LogP contribution is 2.18. The lowest BCUT2D eigenvalue weighted by molar-refractivity contribution is 0.698. The van der Waals surface area contributed by atoms with Crippen molar-refractivity contribution in [3.8, 4) is 0 Å². The average molecular weight is 408 g/mol. The molecule has 0 aliphatic rings. The van der Waals surface area contributed by atoms with Crippen molar-refractivity contribution >= 4 is 49.9 Å². The number of hydrogen-bond acceptors (Lipinski definition) is 2. The van der Waals surface area contributed by atoms with Crippen molar-refractivity contribution in [2.45, 2.75) is 13.1 Å². The van der Waals surface area contributed by atoms with E-state index in [1.165, 1.54) is 14.0 Å². The number of thiophene rings is 1. The van der Waals surface area contributed by atoms with Gasteiger partial charge in [0.2, 0.25) is 0 Å². The highest BCUT2D eigenvalue weighted by atomic mass is 127. The zero-order chi connectivity index (χ0) is 11.4. The zero-order valence-corrected chi connectivity index (χ0v) is 13.1. The SMILES string of the molecule is Brc1ccc(I)c(CNCc2cccs2)c1. The molecule has 84 valence electrons. The number of hydrogen-bond donors (Lipinski definition) is 1. The summed E-state index contributed by atoms with van der Waals surface area (Å²) in [6, 6.07) is 10.6. The summed E-state index contributed by atoms with van der Waals surface area (Å²) in [4.78, 5) is 1.38. The molecule has 0 fully saturated rings. The van der Waals surface area contributed by atoms with Crippen LogP contribution in [0.2, 0.25) is 0 Å². The summed E-state index contributed by atoms with van der Waals surface area (Å²) in [7, 11) is 0. The van der Waals surface area contributed by atoms with E-state index in [0.29, 0.717) is 0 Å². The van der Waals surface area contributed by atoms with Crippen LogP contribution in [0.1, 0.15) is 10.4 Å². The average Bonchev–Trinajstić information content (AvgIpc) is 2.76. The third kappa shape index (κ3) is 3.55.